The van der Waals surface area contributed by atoms with Crippen LogP contribution < -0.4 is 5.32 Å². The van der Waals surface area contributed by atoms with E-state index in [1.165, 1.54) is 23.3 Å². The summed E-state index contributed by atoms with van der Waals surface area (Å²) < 4.78 is 0. The molecule has 0 radical (unpaired) electrons. The molecule has 1 aromatic rings. The maximum Gasteiger partial charge on any atom is 0.0462 e. The summed E-state index contributed by atoms with van der Waals surface area (Å²) in [7, 11) is 0. The Morgan fingerprint density at radius 1 is 1.44 bits per heavy atom. The second kappa shape index (κ2) is 5.44. The van der Waals surface area contributed by atoms with Crippen molar-refractivity contribution in [2.45, 2.75) is 49.4 Å². The van der Waals surface area contributed by atoms with Crippen molar-refractivity contribution in [2.75, 3.05) is 0 Å². The molecule has 1 N–H and O–H groups in total. The second-order valence-electron chi connectivity index (χ2n) is 4.57. The fraction of sp³-hybridized carbons (Fsp3) is 0.538. The van der Waals surface area contributed by atoms with Gasteiger partial charge < -0.3 is 5.32 Å². The summed E-state index contributed by atoms with van der Waals surface area (Å²) in [5.74, 6) is 0. The summed E-state index contributed by atoms with van der Waals surface area (Å²) in [6, 6.07) is 7.12. The molecule has 1 nitrogen and oxygen atoms in total. The molecule has 0 amide bonds. The highest BCUT2D eigenvalue weighted by molar-refractivity contribution is 7.99. The average molecular weight is 256 g/mol. The monoisotopic (exact) mass is 255 g/mol. The van der Waals surface area contributed by atoms with Gasteiger partial charge in [0.1, 0.15) is 0 Å². The molecule has 3 heteroatoms. The van der Waals surface area contributed by atoms with E-state index in [4.69, 9.17) is 11.6 Å². The summed E-state index contributed by atoms with van der Waals surface area (Å²) in [5, 5.41) is 4.97. The standard InChI is InChI=1S/C13H18ClNS/c1-9(2)16-12-6-3-10(13(14)7-12)8-15-11-4-5-11/h3,6-7,9,11,15H,4-5,8H2,1-2H3. The Kier molecular flexibility index (Phi) is 4.17. The minimum Gasteiger partial charge on any atom is -0.310 e. The highest BCUT2D eigenvalue weighted by Gasteiger charge is 2.20. The van der Waals surface area contributed by atoms with Gasteiger partial charge in [0.05, 0.1) is 0 Å². The smallest absolute Gasteiger partial charge is 0.0462 e. The van der Waals surface area contributed by atoms with Crippen LogP contribution in [0.3, 0.4) is 0 Å². The number of hydrogen-bond acceptors (Lipinski definition) is 2. The van der Waals surface area contributed by atoms with E-state index in [1.807, 2.05) is 11.8 Å². The van der Waals surface area contributed by atoms with Crippen LogP contribution in [0.25, 0.3) is 0 Å². The zero-order valence-electron chi connectivity index (χ0n) is 9.79. The Balaban J connectivity index is 1.97. The maximum atomic E-state index is 6.26. The third-order valence-electron chi connectivity index (χ3n) is 2.55. The van der Waals surface area contributed by atoms with Gasteiger partial charge in [-0.1, -0.05) is 31.5 Å². The third-order valence-corrected chi connectivity index (χ3v) is 3.90. The SMILES string of the molecule is CC(C)Sc1ccc(CNC2CC2)c(Cl)c1. The molecule has 0 spiro atoms. The molecular weight excluding hydrogens is 238 g/mol. The van der Waals surface area contributed by atoms with Gasteiger partial charge in [0.25, 0.3) is 0 Å². The molecule has 0 unspecified atom stereocenters. The molecule has 1 aliphatic carbocycles. The van der Waals surface area contributed by atoms with Crippen LogP contribution in [0, 0.1) is 0 Å². The van der Waals surface area contributed by atoms with Crippen molar-refractivity contribution < 1.29 is 0 Å². The minimum absolute atomic E-state index is 0.603. The van der Waals surface area contributed by atoms with Gasteiger partial charge in [-0.05, 0) is 30.5 Å². The number of rotatable bonds is 5. The van der Waals surface area contributed by atoms with Crippen LogP contribution in [-0.2, 0) is 6.54 Å². The van der Waals surface area contributed by atoms with Crippen LogP contribution in [0.4, 0.5) is 0 Å². The second-order valence-corrected chi connectivity index (χ2v) is 6.63. The van der Waals surface area contributed by atoms with Gasteiger partial charge >= 0.3 is 0 Å². The lowest BCUT2D eigenvalue weighted by atomic mass is 10.2. The molecule has 1 aliphatic rings. The Morgan fingerprint density at radius 3 is 2.75 bits per heavy atom. The third kappa shape index (κ3) is 3.69. The summed E-state index contributed by atoms with van der Waals surface area (Å²) in [5.41, 5.74) is 1.21. The van der Waals surface area contributed by atoms with Crippen molar-refractivity contribution in [1.29, 1.82) is 0 Å². The van der Waals surface area contributed by atoms with E-state index in [2.05, 4.69) is 37.4 Å². The predicted octanol–water partition coefficient (Wildman–Crippen LogP) is 4.09. The van der Waals surface area contributed by atoms with Gasteiger partial charge in [-0.3, -0.25) is 0 Å². The van der Waals surface area contributed by atoms with Gasteiger partial charge in [-0.25, -0.2) is 0 Å². The molecule has 0 saturated heterocycles. The highest BCUT2D eigenvalue weighted by Crippen LogP contribution is 2.28. The first-order chi connectivity index (χ1) is 7.65. The zero-order valence-corrected chi connectivity index (χ0v) is 11.4. The lowest BCUT2D eigenvalue weighted by molar-refractivity contribution is 0.687. The topological polar surface area (TPSA) is 12.0 Å². The van der Waals surface area contributed by atoms with Crippen molar-refractivity contribution in [1.82, 2.24) is 5.32 Å². The molecule has 0 bridgehead atoms. The van der Waals surface area contributed by atoms with E-state index < -0.39 is 0 Å². The van der Waals surface area contributed by atoms with Gasteiger partial charge in [0.15, 0.2) is 0 Å². The zero-order chi connectivity index (χ0) is 11.5. The van der Waals surface area contributed by atoms with Gasteiger partial charge in [0.2, 0.25) is 0 Å². The Bertz CT molecular complexity index is 361. The summed E-state index contributed by atoms with van der Waals surface area (Å²) >= 11 is 8.12. The van der Waals surface area contributed by atoms with E-state index in [0.717, 1.165) is 17.6 Å². The van der Waals surface area contributed by atoms with Crippen LogP contribution in [0.2, 0.25) is 5.02 Å². The number of halogens is 1. The van der Waals surface area contributed by atoms with E-state index in [1.54, 1.807) is 0 Å². The minimum atomic E-state index is 0.603. The van der Waals surface area contributed by atoms with Crippen LogP contribution in [-0.4, -0.2) is 11.3 Å². The van der Waals surface area contributed by atoms with Gasteiger partial charge in [0, 0.05) is 27.8 Å². The quantitative estimate of drug-likeness (QED) is 0.796. The summed E-state index contributed by atoms with van der Waals surface area (Å²) in [6.07, 6.45) is 2.64. The van der Waals surface area contributed by atoms with Crippen LogP contribution in [0.15, 0.2) is 23.1 Å². The molecule has 0 aliphatic heterocycles. The average Bonchev–Trinajstić information content (AvgIpc) is 2.99. The number of benzene rings is 1. The molecule has 0 heterocycles. The molecule has 0 aromatic heterocycles. The van der Waals surface area contributed by atoms with Crippen LogP contribution >= 0.6 is 23.4 Å². The predicted molar refractivity (Wildman–Crippen MR) is 72.3 cm³/mol. The van der Waals surface area contributed by atoms with Crippen molar-refractivity contribution in [3.63, 3.8) is 0 Å². The van der Waals surface area contributed by atoms with Crippen LogP contribution in [0.1, 0.15) is 32.3 Å². The molecule has 1 aromatic carbocycles. The van der Waals surface area contributed by atoms with E-state index in [9.17, 15) is 0 Å². The summed E-state index contributed by atoms with van der Waals surface area (Å²) in [4.78, 5) is 1.26. The fourth-order valence-electron chi connectivity index (χ4n) is 1.56. The van der Waals surface area contributed by atoms with E-state index in [-0.39, 0.29) is 0 Å². The first-order valence-electron chi connectivity index (χ1n) is 5.83. The first-order valence-corrected chi connectivity index (χ1v) is 7.09. The fourth-order valence-corrected chi connectivity index (χ4v) is 2.75. The molecule has 16 heavy (non-hydrogen) atoms. The van der Waals surface area contributed by atoms with Gasteiger partial charge in [-0.2, -0.15) is 0 Å². The van der Waals surface area contributed by atoms with Crippen molar-refractivity contribution in [3.8, 4) is 0 Å². The van der Waals surface area contributed by atoms with Gasteiger partial charge in [-0.15, -0.1) is 11.8 Å². The number of nitrogens with one attached hydrogen (secondary N) is 1. The maximum absolute atomic E-state index is 6.26. The normalized spacial score (nSPS) is 15.8. The van der Waals surface area contributed by atoms with E-state index >= 15 is 0 Å². The molecule has 1 fully saturated rings. The molecular formula is C13H18ClNS. The van der Waals surface area contributed by atoms with Crippen LogP contribution in [0.5, 0.6) is 0 Å². The van der Waals surface area contributed by atoms with E-state index in [0.29, 0.717) is 5.25 Å². The lowest BCUT2D eigenvalue weighted by Crippen LogP contribution is -2.15. The van der Waals surface area contributed by atoms with Crippen molar-refractivity contribution in [2.24, 2.45) is 0 Å². The Morgan fingerprint density at radius 2 is 2.19 bits per heavy atom. The molecule has 1 saturated carbocycles. The largest absolute Gasteiger partial charge is 0.310 e. The van der Waals surface area contributed by atoms with Crippen molar-refractivity contribution >= 4 is 23.4 Å². The first kappa shape index (κ1) is 12.3. The molecule has 88 valence electrons. The summed E-state index contributed by atoms with van der Waals surface area (Å²) in [6.45, 7) is 5.29. The number of hydrogen-bond donors (Lipinski definition) is 1. The Labute approximate surface area is 107 Å². The molecule has 2 rings (SSSR count). The highest BCUT2D eigenvalue weighted by atomic mass is 35.5. The number of thioether (sulfide) groups is 1. The Hall–Kier alpha value is -0.180. The lowest BCUT2D eigenvalue weighted by Gasteiger charge is -2.09. The molecule has 0 atom stereocenters. The van der Waals surface area contributed by atoms with Crippen molar-refractivity contribution in [3.05, 3.63) is 28.8 Å².